The van der Waals surface area contributed by atoms with Gasteiger partial charge in [-0.3, -0.25) is 0 Å². The van der Waals surface area contributed by atoms with E-state index >= 15 is 0 Å². The molecule has 270 valence electrons. The average Bonchev–Trinajstić information content (AvgIpc) is 3.87. The predicted molar refractivity (Wildman–Crippen MR) is 240 cm³/mol. The molecule has 0 atom stereocenters. The van der Waals surface area contributed by atoms with Crippen molar-refractivity contribution in [2.45, 2.75) is 0 Å². The van der Waals surface area contributed by atoms with Crippen LogP contribution in [0.25, 0.3) is 120 Å². The number of furan rings is 1. The van der Waals surface area contributed by atoms with Crippen LogP contribution < -0.4 is 0 Å². The van der Waals surface area contributed by atoms with Gasteiger partial charge in [0.05, 0.1) is 11.2 Å². The zero-order valence-electron chi connectivity index (χ0n) is 30.9. The third-order valence-corrected chi connectivity index (χ3v) is 12.3. The minimum atomic E-state index is 0.563. The number of rotatable bonds is 5. The fourth-order valence-electron chi connectivity index (χ4n) is 8.43. The van der Waals surface area contributed by atoms with Crippen LogP contribution in [0.3, 0.4) is 0 Å². The van der Waals surface area contributed by atoms with E-state index in [1.54, 1.807) is 0 Å². The Hall–Kier alpha value is -7.54. The molecule has 0 aliphatic carbocycles. The molecular formula is C52H30N4OS. The molecule has 0 N–H and O–H groups in total. The number of para-hydroxylation sites is 1. The smallest absolute Gasteiger partial charge is 0.164 e. The molecule has 6 heteroatoms. The van der Waals surface area contributed by atoms with E-state index in [0.29, 0.717) is 17.5 Å². The van der Waals surface area contributed by atoms with Gasteiger partial charge in [-0.2, -0.15) is 0 Å². The summed E-state index contributed by atoms with van der Waals surface area (Å²) in [6, 6.07) is 63.2. The highest BCUT2D eigenvalue weighted by Crippen LogP contribution is 2.44. The first-order valence-electron chi connectivity index (χ1n) is 19.3. The van der Waals surface area contributed by atoms with Crippen molar-refractivity contribution in [3.63, 3.8) is 0 Å². The summed E-state index contributed by atoms with van der Waals surface area (Å²) in [5.41, 5.74) is 9.29. The molecule has 0 saturated heterocycles. The van der Waals surface area contributed by atoms with Crippen molar-refractivity contribution < 1.29 is 4.42 Å². The quantitative estimate of drug-likeness (QED) is 0.164. The maximum atomic E-state index is 6.32. The predicted octanol–water partition coefficient (Wildman–Crippen LogP) is 14.2. The van der Waals surface area contributed by atoms with Crippen LogP contribution >= 0.6 is 11.3 Å². The number of fused-ring (bicyclic) bond motifs is 10. The molecule has 0 aliphatic heterocycles. The molecule has 0 amide bonds. The lowest BCUT2D eigenvalue weighted by Gasteiger charge is -2.14. The molecular weight excluding hydrogens is 729 g/mol. The van der Waals surface area contributed by atoms with Crippen molar-refractivity contribution in [1.29, 1.82) is 0 Å². The van der Waals surface area contributed by atoms with E-state index < -0.39 is 0 Å². The van der Waals surface area contributed by atoms with Gasteiger partial charge in [0, 0.05) is 69.4 Å². The van der Waals surface area contributed by atoms with E-state index in [1.165, 1.54) is 25.6 Å². The monoisotopic (exact) mass is 758 g/mol. The van der Waals surface area contributed by atoms with Gasteiger partial charge in [0.25, 0.3) is 0 Å². The third kappa shape index (κ3) is 5.23. The van der Waals surface area contributed by atoms with Crippen molar-refractivity contribution in [3.05, 3.63) is 182 Å². The third-order valence-electron chi connectivity index (χ3n) is 11.1. The summed E-state index contributed by atoms with van der Waals surface area (Å²) < 4.78 is 8.86. The Morgan fingerprint density at radius 1 is 0.345 bits per heavy atom. The summed E-state index contributed by atoms with van der Waals surface area (Å²) in [5.74, 6) is 1.72. The lowest BCUT2D eigenvalue weighted by molar-refractivity contribution is 0.669. The molecule has 8 aromatic carbocycles. The van der Waals surface area contributed by atoms with Crippen LogP contribution in [0.2, 0.25) is 0 Å². The van der Waals surface area contributed by atoms with Gasteiger partial charge in [-0.05, 0) is 47.5 Å². The van der Waals surface area contributed by atoms with E-state index in [-0.39, 0.29) is 0 Å². The molecule has 0 bridgehead atoms. The molecule has 0 unspecified atom stereocenters. The van der Waals surface area contributed by atoms with Gasteiger partial charge >= 0.3 is 0 Å². The van der Waals surface area contributed by atoms with E-state index in [9.17, 15) is 0 Å². The van der Waals surface area contributed by atoms with Crippen molar-refractivity contribution in [1.82, 2.24) is 19.9 Å². The van der Waals surface area contributed by atoms with Gasteiger partial charge in [0.2, 0.25) is 0 Å². The Morgan fingerprint density at radius 3 is 1.76 bits per heavy atom. The van der Waals surface area contributed by atoms with Crippen LogP contribution in [0.4, 0.5) is 0 Å². The van der Waals surface area contributed by atoms with E-state index in [4.69, 9.17) is 24.4 Å². The number of aromatic nitrogens is 4. The fourth-order valence-corrected chi connectivity index (χ4v) is 9.55. The summed E-state index contributed by atoms with van der Waals surface area (Å²) in [5, 5.41) is 8.08. The normalized spacial score (nSPS) is 11.8. The molecule has 58 heavy (non-hydrogen) atoms. The lowest BCUT2D eigenvalue weighted by Crippen LogP contribution is -2.01. The number of pyridine rings is 1. The standard InChI is InChI=1S/C52H30N4OS/c1-3-13-31(14-4-1)35-17-7-8-19-38(35)52-55-50(54-51(56-52)34-23-25-37-36-18-9-11-21-43(36)57-44(37)30-34)33-24-26-39-42(29-33)53-49(32-15-5-2-6-16-32)41-27-28-46-48(47(39)41)40-20-10-12-22-45(40)58-46/h1-30H. The van der Waals surface area contributed by atoms with Crippen molar-refractivity contribution in [3.8, 4) is 56.5 Å². The maximum Gasteiger partial charge on any atom is 0.164 e. The molecule has 12 rings (SSSR count). The molecule has 0 saturated carbocycles. The van der Waals surface area contributed by atoms with Crippen LogP contribution in [0.5, 0.6) is 0 Å². The molecule has 0 spiro atoms. The largest absolute Gasteiger partial charge is 0.456 e. The second kappa shape index (κ2) is 13.0. The zero-order chi connectivity index (χ0) is 38.2. The van der Waals surface area contributed by atoms with E-state index in [2.05, 4.69) is 140 Å². The molecule has 12 aromatic rings. The topological polar surface area (TPSA) is 64.7 Å². The molecule has 4 aromatic heterocycles. The Labute approximate surface area is 336 Å². The number of thiophene rings is 1. The fraction of sp³-hybridized carbons (Fsp3) is 0. The Morgan fingerprint density at radius 2 is 0.948 bits per heavy atom. The Kier molecular flexibility index (Phi) is 7.33. The minimum Gasteiger partial charge on any atom is -0.456 e. The lowest BCUT2D eigenvalue weighted by atomic mass is 9.95. The Balaban J connectivity index is 1.12. The molecule has 0 radical (unpaired) electrons. The second-order valence-corrected chi connectivity index (χ2v) is 15.6. The van der Waals surface area contributed by atoms with Gasteiger partial charge in [-0.25, -0.2) is 19.9 Å². The summed E-state index contributed by atoms with van der Waals surface area (Å²) in [7, 11) is 0. The highest BCUT2D eigenvalue weighted by molar-refractivity contribution is 7.26. The van der Waals surface area contributed by atoms with Crippen LogP contribution in [-0.2, 0) is 0 Å². The minimum absolute atomic E-state index is 0.563. The second-order valence-electron chi connectivity index (χ2n) is 14.5. The first kappa shape index (κ1) is 32.7. The summed E-state index contributed by atoms with van der Waals surface area (Å²) in [6.45, 7) is 0. The molecule has 0 aliphatic rings. The molecule has 0 fully saturated rings. The van der Waals surface area contributed by atoms with Gasteiger partial charge in [0.15, 0.2) is 17.5 Å². The summed E-state index contributed by atoms with van der Waals surface area (Å²) >= 11 is 1.83. The number of nitrogens with zero attached hydrogens (tertiary/aromatic N) is 4. The number of benzene rings is 8. The first-order valence-corrected chi connectivity index (χ1v) is 20.1. The zero-order valence-corrected chi connectivity index (χ0v) is 31.7. The summed E-state index contributed by atoms with van der Waals surface area (Å²) in [6.07, 6.45) is 0. The highest BCUT2D eigenvalue weighted by atomic mass is 32.1. The van der Waals surface area contributed by atoms with Crippen molar-refractivity contribution in [2.24, 2.45) is 0 Å². The first-order chi connectivity index (χ1) is 28.7. The summed E-state index contributed by atoms with van der Waals surface area (Å²) in [4.78, 5) is 21.1. The van der Waals surface area contributed by atoms with Gasteiger partial charge in [-0.1, -0.05) is 146 Å². The van der Waals surface area contributed by atoms with Crippen molar-refractivity contribution in [2.75, 3.05) is 0 Å². The highest BCUT2D eigenvalue weighted by Gasteiger charge is 2.20. The number of hydrogen-bond donors (Lipinski definition) is 0. The Bertz CT molecular complexity index is 3570. The van der Waals surface area contributed by atoms with Crippen LogP contribution in [0, 0.1) is 0 Å². The van der Waals surface area contributed by atoms with Gasteiger partial charge in [-0.15, -0.1) is 11.3 Å². The molecule has 5 nitrogen and oxygen atoms in total. The van der Waals surface area contributed by atoms with Crippen LogP contribution in [-0.4, -0.2) is 19.9 Å². The van der Waals surface area contributed by atoms with Crippen molar-refractivity contribution >= 4 is 75.1 Å². The molecule has 4 heterocycles. The average molecular weight is 759 g/mol. The van der Waals surface area contributed by atoms with Gasteiger partial charge < -0.3 is 4.42 Å². The number of hydrogen-bond acceptors (Lipinski definition) is 6. The van der Waals surface area contributed by atoms with Gasteiger partial charge in [0.1, 0.15) is 11.2 Å². The van der Waals surface area contributed by atoms with Crippen LogP contribution in [0.1, 0.15) is 0 Å². The van der Waals surface area contributed by atoms with E-state index in [0.717, 1.165) is 77.3 Å². The maximum absolute atomic E-state index is 6.32. The van der Waals surface area contributed by atoms with E-state index in [1.807, 2.05) is 53.8 Å². The SMILES string of the molecule is c1ccc(-c2ccccc2-c2nc(-c3ccc4c(c3)nc(-c3ccccc3)c3ccc5sc6ccccc6c5c34)nc(-c3ccc4c(c3)oc3ccccc34)n2)cc1. The van der Waals surface area contributed by atoms with Crippen LogP contribution in [0.15, 0.2) is 186 Å².